The van der Waals surface area contributed by atoms with Crippen LogP contribution in [0.25, 0.3) is 5.57 Å². The Bertz CT molecular complexity index is 1290. The van der Waals surface area contributed by atoms with E-state index in [4.69, 9.17) is 21.7 Å². The second-order valence-electron chi connectivity index (χ2n) is 8.94. The molecule has 8 heteroatoms. The number of hydrogen-bond donors (Lipinski definition) is 0. The SMILES string of the molecule is CCN1C(=O)C(=C2C=C(C)OC(/C=C3\C=C(C)c4ccc(N(CC)CC)cc4O3)=C2)C(=O)N(CC)C1=S. The number of amides is 2. The minimum absolute atomic E-state index is 0.0846. The minimum atomic E-state index is -0.395. The summed E-state index contributed by atoms with van der Waals surface area (Å²) in [6.07, 6.45) is 7.15. The summed E-state index contributed by atoms with van der Waals surface area (Å²) in [7, 11) is 0. The van der Waals surface area contributed by atoms with Crippen LogP contribution in [0.1, 0.15) is 47.1 Å². The summed E-state index contributed by atoms with van der Waals surface area (Å²) in [5.74, 6) is 1.64. The molecule has 2 amide bonds. The van der Waals surface area contributed by atoms with E-state index in [2.05, 4.69) is 36.9 Å². The summed E-state index contributed by atoms with van der Waals surface area (Å²) in [4.78, 5) is 31.6. The van der Waals surface area contributed by atoms with Crippen molar-refractivity contribution in [2.45, 2.75) is 41.5 Å². The van der Waals surface area contributed by atoms with Crippen LogP contribution in [0.3, 0.4) is 0 Å². The molecule has 3 heterocycles. The molecule has 37 heavy (non-hydrogen) atoms. The third-order valence-corrected chi connectivity index (χ3v) is 7.07. The Hall–Kier alpha value is -3.65. The van der Waals surface area contributed by atoms with E-state index in [-0.39, 0.29) is 10.7 Å². The molecule has 1 aromatic carbocycles. The average Bonchev–Trinajstić information content (AvgIpc) is 2.85. The highest BCUT2D eigenvalue weighted by molar-refractivity contribution is 7.80. The molecular weight excluding hydrogens is 486 g/mol. The maximum absolute atomic E-state index is 13.2. The molecule has 0 spiro atoms. The Morgan fingerprint density at radius 3 is 2.16 bits per heavy atom. The third-order valence-electron chi connectivity index (χ3n) is 6.63. The molecule has 194 valence electrons. The molecule has 3 aliphatic rings. The van der Waals surface area contributed by atoms with Crippen molar-refractivity contribution in [1.29, 1.82) is 0 Å². The van der Waals surface area contributed by atoms with E-state index in [1.165, 1.54) is 9.80 Å². The van der Waals surface area contributed by atoms with Crippen molar-refractivity contribution in [3.05, 3.63) is 76.5 Å². The fraction of sp³-hybridized carbons (Fsp3) is 0.345. The van der Waals surface area contributed by atoms with E-state index in [0.29, 0.717) is 35.9 Å². The van der Waals surface area contributed by atoms with Crippen LogP contribution in [0.15, 0.2) is 70.9 Å². The molecule has 0 unspecified atom stereocenters. The van der Waals surface area contributed by atoms with E-state index in [1.807, 2.05) is 26.8 Å². The smallest absolute Gasteiger partial charge is 0.266 e. The molecule has 1 saturated heterocycles. The number of carbonyl (C=O) groups excluding carboxylic acids is 2. The van der Waals surface area contributed by atoms with Gasteiger partial charge in [-0.25, -0.2) is 0 Å². The summed E-state index contributed by atoms with van der Waals surface area (Å²) >= 11 is 5.39. The summed E-state index contributed by atoms with van der Waals surface area (Å²) in [5, 5.41) is 0.238. The van der Waals surface area contributed by atoms with Gasteiger partial charge in [-0.1, -0.05) is 0 Å². The zero-order chi connectivity index (χ0) is 26.9. The highest BCUT2D eigenvalue weighted by Gasteiger charge is 2.39. The van der Waals surface area contributed by atoms with Crippen molar-refractivity contribution >= 4 is 40.4 Å². The van der Waals surface area contributed by atoms with E-state index in [9.17, 15) is 9.59 Å². The maximum Gasteiger partial charge on any atom is 0.266 e. The Morgan fingerprint density at radius 2 is 1.57 bits per heavy atom. The topological polar surface area (TPSA) is 62.3 Å². The van der Waals surface area contributed by atoms with Crippen LogP contribution in [0.2, 0.25) is 0 Å². The van der Waals surface area contributed by atoms with Crippen molar-refractivity contribution in [3.63, 3.8) is 0 Å². The molecule has 0 radical (unpaired) electrons. The maximum atomic E-state index is 13.2. The minimum Gasteiger partial charge on any atom is -0.462 e. The number of rotatable bonds is 6. The average molecular weight is 520 g/mol. The van der Waals surface area contributed by atoms with Gasteiger partial charge in [0.25, 0.3) is 11.8 Å². The van der Waals surface area contributed by atoms with Gasteiger partial charge in [0.15, 0.2) is 5.11 Å². The van der Waals surface area contributed by atoms with Crippen LogP contribution < -0.4 is 9.64 Å². The van der Waals surface area contributed by atoms with Gasteiger partial charge in [0.2, 0.25) is 0 Å². The van der Waals surface area contributed by atoms with E-state index in [1.54, 1.807) is 25.2 Å². The predicted octanol–water partition coefficient (Wildman–Crippen LogP) is 5.32. The van der Waals surface area contributed by atoms with Crippen molar-refractivity contribution < 1.29 is 19.1 Å². The molecule has 0 saturated carbocycles. The predicted molar refractivity (Wildman–Crippen MR) is 150 cm³/mol. The van der Waals surface area contributed by atoms with Gasteiger partial charge in [0.1, 0.15) is 28.6 Å². The number of likely N-dealkylation sites (N-methyl/N-ethyl adjacent to an activating group) is 2. The van der Waals surface area contributed by atoms with E-state index in [0.717, 1.165) is 35.7 Å². The van der Waals surface area contributed by atoms with Gasteiger partial charge < -0.3 is 14.4 Å². The lowest BCUT2D eigenvalue weighted by Gasteiger charge is -2.36. The van der Waals surface area contributed by atoms with Gasteiger partial charge >= 0.3 is 0 Å². The summed E-state index contributed by atoms with van der Waals surface area (Å²) in [6.45, 7) is 14.3. The first-order chi connectivity index (χ1) is 17.7. The molecule has 0 atom stereocenters. The van der Waals surface area contributed by atoms with Crippen molar-refractivity contribution in [2.24, 2.45) is 0 Å². The molecule has 4 rings (SSSR count). The molecule has 0 aromatic heterocycles. The Morgan fingerprint density at radius 1 is 0.919 bits per heavy atom. The number of nitrogens with zero attached hydrogens (tertiary/aromatic N) is 3. The van der Waals surface area contributed by atoms with Gasteiger partial charge in [0, 0.05) is 49.6 Å². The largest absolute Gasteiger partial charge is 0.462 e. The van der Waals surface area contributed by atoms with Gasteiger partial charge in [-0.15, -0.1) is 0 Å². The number of hydrogen-bond acceptors (Lipinski definition) is 6. The lowest BCUT2D eigenvalue weighted by Crippen LogP contribution is -2.56. The zero-order valence-corrected chi connectivity index (χ0v) is 23.1. The number of allylic oxidation sites excluding steroid dienone is 7. The standard InChI is InChI=1S/C29H33N3O4S/c1-7-30(8-2)21-11-12-24-18(5)13-22(36-25(24)16-21)17-23-15-20(14-19(6)35-23)26-27(33)31(9-3)29(37)32(10-4)28(26)34/h11-17H,7-10H2,1-6H3/b22-17+. The molecular formula is C29H33N3O4S. The third kappa shape index (κ3) is 4.98. The molecule has 0 bridgehead atoms. The first-order valence-electron chi connectivity index (χ1n) is 12.7. The molecule has 0 N–H and O–H groups in total. The molecule has 3 aliphatic heterocycles. The van der Waals surface area contributed by atoms with Crippen LogP contribution in [-0.4, -0.2) is 52.9 Å². The fourth-order valence-corrected chi connectivity index (χ4v) is 5.15. The first kappa shape index (κ1) is 26.4. The highest BCUT2D eigenvalue weighted by atomic mass is 32.1. The zero-order valence-electron chi connectivity index (χ0n) is 22.3. The van der Waals surface area contributed by atoms with Gasteiger partial charge in [0.05, 0.1) is 0 Å². The second-order valence-corrected chi connectivity index (χ2v) is 9.31. The number of anilines is 1. The van der Waals surface area contributed by atoms with Crippen LogP contribution in [-0.2, 0) is 14.3 Å². The molecule has 1 aromatic rings. The quantitative estimate of drug-likeness (QED) is 0.288. The first-order valence-corrected chi connectivity index (χ1v) is 13.1. The molecule has 1 fully saturated rings. The lowest BCUT2D eigenvalue weighted by molar-refractivity contribution is -0.133. The van der Waals surface area contributed by atoms with Gasteiger partial charge in [-0.05, 0) is 95.3 Å². The van der Waals surface area contributed by atoms with Crippen LogP contribution in [0.4, 0.5) is 5.69 Å². The van der Waals surface area contributed by atoms with Gasteiger partial charge in [-0.3, -0.25) is 19.4 Å². The number of thiocarbonyl (C=S) groups is 1. The van der Waals surface area contributed by atoms with Crippen LogP contribution in [0, 0.1) is 0 Å². The van der Waals surface area contributed by atoms with Crippen molar-refractivity contribution in [3.8, 4) is 5.75 Å². The van der Waals surface area contributed by atoms with Crippen LogP contribution in [0.5, 0.6) is 5.75 Å². The Labute approximate surface area is 224 Å². The van der Waals surface area contributed by atoms with Crippen molar-refractivity contribution in [1.82, 2.24) is 9.80 Å². The van der Waals surface area contributed by atoms with Crippen molar-refractivity contribution in [2.75, 3.05) is 31.1 Å². The monoisotopic (exact) mass is 519 g/mol. The van der Waals surface area contributed by atoms with Gasteiger partial charge in [-0.2, -0.15) is 0 Å². The summed E-state index contributed by atoms with van der Waals surface area (Å²) in [5.41, 5.74) is 3.79. The van der Waals surface area contributed by atoms with E-state index >= 15 is 0 Å². The molecule has 0 aliphatic carbocycles. The number of ether oxygens (including phenoxy) is 2. The Kier molecular flexibility index (Phi) is 7.68. The van der Waals surface area contributed by atoms with E-state index < -0.39 is 11.8 Å². The van der Waals surface area contributed by atoms with Crippen LogP contribution >= 0.6 is 12.2 Å². The summed E-state index contributed by atoms with van der Waals surface area (Å²) < 4.78 is 12.2. The lowest BCUT2D eigenvalue weighted by atomic mass is 9.99. The fourth-order valence-electron chi connectivity index (χ4n) is 4.73. The normalized spacial score (nSPS) is 18.8. The number of benzene rings is 1. The highest BCUT2D eigenvalue weighted by Crippen LogP contribution is 2.37. The molecule has 7 nitrogen and oxygen atoms in total. The number of carbonyl (C=O) groups is 2. The second kappa shape index (κ2) is 10.8. The summed E-state index contributed by atoms with van der Waals surface area (Å²) in [6, 6.07) is 6.26. The number of fused-ring (bicyclic) bond motifs is 1. The Balaban J connectivity index is 1.73.